The molecule has 176 valence electrons. The van der Waals surface area contributed by atoms with Crippen LogP contribution in [0.2, 0.25) is 5.02 Å². The Morgan fingerprint density at radius 1 is 1.12 bits per heavy atom. The first kappa shape index (κ1) is 23.6. The minimum absolute atomic E-state index is 0.0753. The van der Waals surface area contributed by atoms with Gasteiger partial charge < -0.3 is 14.3 Å². The fourth-order valence-electron chi connectivity index (χ4n) is 4.19. The van der Waals surface area contributed by atoms with Crippen LogP contribution in [0.1, 0.15) is 49.3 Å². The number of aryl methyl sites for hydroxylation is 1. The van der Waals surface area contributed by atoms with Gasteiger partial charge in [-0.05, 0) is 59.9 Å². The molecule has 1 fully saturated rings. The van der Waals surface area contributed by atoms with Crippen molar-refractivity contribution in [1.29, 1.82) is 0 Å². The number of hydrogen-bond donors (Lipinski definition) is 1. The first-order chi connectivity index (χ1) is 16.0. The second-order valence-corrected chi connectivity index (χ2v) is 9.72. The molecule has 1 aliphatic rings. The van der Waals surface area contributed by atoms with Crippen LogP contribution < -0.4 is 9.64 Å². The molecule has 1 atom stereocenters. The Hall–Kier alpha value is -3.51. The fraction of sp³-hybridized carbons (Fsp3) is 0.259. The number of ether oxygens (including phenoxy) is 1. The van der Waals surface area contributed by atoms with Crippen molar-refractivity contribution in [3.8, 4) is 5.75 Å². The third-order valence-electron chi connectivity index (χ3n) is 5.92. The molecule has 7 heteroatoms. The number of amides is 1. The van der Waals surface area contributed by atoms with E-state index in [2.05, 4.69) is 20.8 Å². The van der Waals surface area contributed by atoms with Gasteiger partial charge in [0, 0.05) is 5.69 Å². The van der Waals surface area contributed by atoms with Gasteiger partial charge in [0.2, 0.25) is 0 Å². The average Bonchev–Trinajstić information content (AvgIpc) is 3.39. The van der Waals surface area contributed by atoms with E-state index in [1.165, 1.54) is 18.3 Å². The van der Waals surface area contributed by atoms with Crippen molar-refractivity contribution in [2.75, 3.05) is 12.0 Å². The van der Waals surface area contributed by atoms with Gasteiger partial charge in [-0.25, -0.2) is 0 Å². The number of nitrogens with zero attached hydrogens (tertiary/aromatic N) is 1. The second-order valence-electron chi connectivity index (χ2n) is 9.31. The lowest BCUT2D eigenvalue weighted by molar-refractivity contribution is -0.132. The fourth-order valence-corrected chi connectivity index (χ4v) is 4.55. The molecule has 0 spiro atoms. The van der Waals surface area contributed by atoms with E-state index >= 15 is 0 Å². The maximum Gasteiger partial charge on any atom is 0.300 e. The Morgan fingerprint density at radius 2 is 1.79 bits per heavy atom. The van der Waals surface area contributed by atoms with Crippen molar-refractivity contribution < 1.29 is 23.8 Å². The lowest BCUT2D eigenvalue weighted by Gasteiger charge is -2.25. The van der Waals surface area contributed by atoms with Crippen LogP contribution in [0.15, 0.2) is 64.8 Å². The first-order valence-corrected chi connectivity index (χ1v) is 11.2. The van der Waals surface area contributed by atoms with E-state index in [4.69, 9.17) is 20.8 Å². The summed E-state index contributed by atoms with van der Waals surface area (Å²) in [4.78, 5) is 27.9. The summed E-state index contributed by atoms with van der Waals surface area (Å²) < 4.78 is 11.0. The van der Waals surface area contributed by atoms with Crippen LogP contribution in [0.5, 0.6) is 5.75 Å². The van der Waals surface area contributed by atoms with Crippen LogP contribution in [0, 0.1) is 6.92 Å². The topological polar surface area (TPSA) is 80.0 Å². The summed E-state index contributed by atoms with van der Waals surface area (Å²) >= 11 is 6.32. The molecule has 1 aliphatic heterocycles. The van der Waals surface area contributed by atoms with Gasteiger partial charge in [0.15, 0.2) is 0 Å². The highest BCUT2D eigenvalue weighted by atomic mass is 35.5. The number of aliphatic hydroxyl groups is 1. The number of methoxy groups -OCH3 is 1. The van der Waals surface area contributed by atoms with Crippen molar-refractivity contribution in [2.24, 2.45) is 0 Å². The Bertz CT molecular complexity index is 1280. The third-order valence-corrected chi connectivity index (χ3v) is 6.20. The number of Topliss-reactive ketones (excluding diaryl/α,β-unsaturated/α-hetero) is 1. The molecular weight excluding hydrogens is 454 g/mol. The van der Waals surface area contributed by atoms with Gasteiger partial charge in [-0.2, -0.15) is 0 Å². The molecule has 1 aromatic heterocycles. The predicted octanol–water partition coefficient (Wildman–Crippen LogP) is 6.17. The van der Waals surface area contributed by atoms with Crippen molar-refractivity contribution in [3.63, 3.8) is 0 Å². The molecule has 2 heterocycles. The Morgan fingerprint density at radius 3 is 2.35 bits per heavy atom. The van der Waals surface area contributed by atoms with Crippen molar-refractivity contribution in [2.45, 2.75) is 39.2 Å². The molecule has 6 nitrogen and oxygen atoms in total. The molecule has 4 rings (SSSR count). The Kier molecular flexibility index (Phi) is 6.04. The number of carbonyl (C=O) groups excluding carboxylic acids is 2. The first-order valence-electron chi connectivity index (χ1n) is 10.8. The van der Waals surface area contributed by atoms with E-state index in [-0.39, 0.29) is 33.1 Å². The van der Waals surface area contributed by atoms with Gasteiger partial charge in [0.1, 0.15) is 23.3 Å². The van der Waals surface area contributed by atoms with Gasteiger partial charge in [-0.1, -0.05) is 44.5 Å². The number of anilines is 1. The van der Waals surface area contributed by atoms with E-state index in [1.807, 2.05) is 19.1 Å². The number of aliphatic hydroxyl groups excluding tert-OH is 1. The highest BCUT2D eigenvalue weighted by Gasteiger charge is 2.48. The van der Waals surface area contributed by atoms with E-state index in [9.17, 15) is 14.7 Å². The lowest BCUT2D eigenvalue weighted by Crippen LogP contribution is -2.29. The number of benzene rings is 2. The summed E-state index contributed by atoms with van der Waals surface area (Å²) in [7, 11) is 1.42. The second kappa shape index (κ2) is 8.69. The molecule has 34 heavy (non-hydrogen) atoms. The minimum Gasteiger partial charge on any atom is -0.507 e. The molecule has 1 amide bonds. The summed E-state index contributed by atoms with van der Waals surface area (Å²) in [5.74, 6) is -1.40. The van der Waals surface area contributed by atoms with Gasteiger partial charge in [0.25, 0.3) is 11.7 Å². The average molecular weight is 480 g/mol. The van der Waals surface area contributed by atoms with E-state index < -0.39 is 17.7 Å². The number of ketones is 1. The zero-order valence-corrected chi connectivity index (χ0v) is 20.4. The van der Waals surface area contributed by atoms with E-state index in [1.54, 1.807) is 36.4 Å². The van der Waals surface area contributed by atoms with Crippen LogP contribution in [0.4, 0.5) is 5.69 Å². The maximum absolute atomic E-state index is 13.3. The number of halogens is 1. The molecule has 1 N–H and O–H groups in total. The van der Waals surface area contributed by atoms with Gasteiger partial charge >= 0.3 is 0 Å². The SMILES string of the molecule is COc1c(Cl)cc(C)cc1/C(O)=C1/C(=O)C(=O)N(c2ccc(C(C)(C)C)cc2)C1c1ccco1. The quantitative estimate of drug-likeness (QED) is 0.275. The van der Waals surface area contributed by atoms with Crippen LogP contribution in [0.3, 0.4) is 0 Å². The van der Waals surface area contributed by atoms with Crippen molar-refractivity contribution in [3.05, 3.63) is 87.8 Å². The molecule has 0 aliphatic carbocycles. The zero-order valence-electron chi connectivity index (χ0n) is 19.7. The summed E-state index contributed by atoms with van der Waals surface area (Å²) in [6, 6.07) is 13.2. The highest BCUT2D eigenvalue weighted by Crippen LogP contribution is 2.44. The summed E-state index contributed by atoms with van der Waals surface area (Å²) in [5, 5.41) is 11.6. The van der Waals surface area contributed by atoms with Gasteiger partial charge in [-0.15, -0.1) is 0 Å². The number of hydrogen-bond acceptors (Lipinski definition) is 5. The standard InChI is InChI=1S/C27H26ClNO5/c1-15-13-18(25(33-5)19(28)14-15)23(30)21-22(20-7-6-12-34-20)29(26(32)24(21)31)17-10-8-16(9-11-17)27(2,3)4/h6-14,22,30H,1-5H3/b23-21-. The summed E-state index contributed by atoms with van der Waals surface area (Å²) in [6.07, 6.45) is 1.46. The predicted molar refractivity (Wildman–Crippen MR) is 131 cm³/mol. The van der Waals surface area contributed by atoms with Crippen LogP contribution in [0.25, 0.3) is 5.76 Å². The van der Waals surface area contributed by atoms with E-state index in [0.29, 0.717) is 11.4 Å². The highest BCUT2D eigenvalue weighted by molar-refractivity contribution is 6.51. The summed E-state index contributed by atoms with van der Waals surface area (Å²) in [6.45, 7) is 8.09. The Balaban J connectivity index is 1.93. The van der Waals surface area contributed by atoms with Gasteiger partial charge in [-0.3, -0.25) is 14.5 Å². The van der Waals surface area contributed by atoms with Crippen molar-refractivity contribution >= 4 is 34.7 Å². The Labute approximate surface area is 203 Å². The van der Waals surface area contributed by atoms with Gasteiger partial charge in [0.05, 0.1) is 29.5 Å². The van der Waals surface area contributed by atoms with Crippen LogP contribution in [-0.4, -0.2) is 23.9 Å². The number of carbonyl (C=O) groups is 2. The van der Waals surface area contributed by atoms with Crippen LogP contribution >= 0.6 is 11.6 Å². The van der Waals surface area contributed by atoms with E-state index in [0.717, 1.165) is 11.1 Å². The molecule has 1 saturated heterocycles. The number of rotatable bonds is 4. The molecular formula is C27H26ClNO5. The molecule has 1 unspecified atom stereocenters. The van der Waals surface area contributed by atoms with Crippen molar-refractivity contribution in [1.82, 2.24) is 0 Å². The lowest BCUT2D eigenvalue weighted by atomic mass is 9.87. The molecule has 0 bridgehead atoms. The molecule has 2 aromatic carbocycles. The molecule has 0 radical (unpaired) electrons. The molecule has 0 saturated carbocycles. The largest absolute Gasteiger partial charge is 0.507 e. The number of furan rings is 1. The monoisotopic (exact) mass is 479 g/mol. The summed E-state index contributed by atoms with van der Waals surface area (Å²) in [5.41, 5.74) is 2.42. The zero-order chi connectivity index (χ0) is 24.8. The normalized spacial score (nSPS) is 17.9. The molecule has 3 aromatic rings. The van der Waals surface area contributed by atoms with Crippen LogP contribution in [-0.2, 0) is 15.0 Å². The maximum atomic E-state index is 13.3. The smallest absolute Gasteiger partial charge is 0.300 e. The third kappa shape index (κ3) is 3.99. The minimum atomic E-state index is -0.959.